The first kappa shape index (κ1) is 22.8. The van der Waals surface area contributed by atoms with Crippen molar-refractivity contribution in [3.63, 3.8) is 0 Å². The minimum Gasteiger partial charge on any atom is -0.449 e. The van der Waals surface area contributed by atoms with Gasteiger partial charge in [0.05, 0.1) is 12.2 Å². The molecule has 1 unspecified atom stereocenters. The van der Waals surface area contributed by atoms with Crippen molar-refractivity contribution in [3.05, 3.63) is 51.8 Å². The van der Waals surface area contributed by atoms with Crippen LogP contribution in [0.15, 0.2) is 24.3 Å². The van der Waals surface area contributed by atoms with Gasteiger partial charge in [-0.25, -0.2) is 14.3 Å². The summed E-state index contributed by atoms with van der Waals surface area (Å²) in [5, 5.41) is 9.43. The monoisotopic (exact) mass is 446 g/mol. The van der Waals surface area contributed by atoms with E-state index in [-0.39, 0.29) is 16.8 Å². The second-order valence-electron chi connectivity index (χ2n) is 7.89. The van der Waals surface area contributed by atoms with Gasteiger partial charge in [-0.2, -0.15) is 5.10 Å². The van der Waals surface area contributed by atoms with Gasteiger partial charge in [-0.15, -0.1) is 0 Å². The van der Waals surface area contributed by atoms with Crippen LogP contribution in [0.5, 0.6) is 0 Å². The van der Waals surface area contributed by atoms with Crippen molar-refractivity contribution in [3.8, 4) is 0 Å². The number of amides is 3. The first-order valence-electron chi connectivity index (χ1n) is 10.4. The Morgan fingerprint density at radius 2 is 1.84 bits per heavy atom. The average molecular weight is 447 g/mol. The first-order valence-corrected chi connectivity index (χ1v) is 10.7. The van der Waals surface area contributed by atoms with Crippen LogP contribution in [0.3, 0.4) is 0 Å². The zero-order chi connectivity index (χ0) is 22.5. The Labute approximate surface area is 186 Å². The summed E-state index contributed by atoms with van der Waals surface area (Å²) in [5.74, 6) is -1.47. The van der Waals surface area contributed by atoms with E-state index in [4.69, 9.17) is 16.3 Å². The molecule has 0 radical (unpaired) electrons. The number of ether oxygens (including phenoxy) is 1. The van der Waals surface area contributed by atoms with Gasteiger partial charge in [0, 0.05) is 6.04 Å². The maximum atomic E-state index is 12.6. The molecular formula is C22H27ClN4O4. The number of carbonyl (C=O) groups excluding carboxylic acids is 3. The summed E-state index contributed by atoms with van der Waals surface area (Å²) in [6.45, 7) is 5.44. The van der Waals surface area contributed by atoms with Gasteiger partial charge in [0.15, 0.2) is 6.10 Å². The van der Waals surface area contributed by atoms with Gasteiger partial charge in [0.25, 0.3) is 5.91 Å². The molecule has 1 fully saturated rings. The number of halogens is 1. The molecule has 2 N–H and O–H groups in total. The molecule has 2 aromatic rings. The average Bonchev–Trinajstić information content (AvgIpc) is 3.31. The van der Waals surface area contributed by atoms with Crippen molar-refractivity contribution in [2.75, 3.05) is 0 Å². The van der Waals surface area contributed by atoms with Crippen molar-refractivity contribution in [1.82, 2.24) is 20.4 Å². The summed E-state index contributed by atoms with van der Waals surface area (Å²) in [7, 11) is 0. The number of rotatable bonds is 6. The van der Waals surface area contributed by atoms with Gasteiger partial charge < -0.3 is 10.1 Å². The van der Waals surface area contributed by atoms with Crippen LogP contribution in [-0.2, 0) is 16.1 Å². The predicted octanol–water partition coefficient (Wildman–Crippen LogP) is 3.52. The fraction of sp³-hybridized carbons (Fsp3) is 0.455. The van der Waals surface area contributed by atoms with Crippen molar-refractivity contribution in [1.29, 1.82) is 0 Å². The first-order chi connectivity index (χ1) is 14.7. The summed E-state index contributed by atoms with van der Waals surface area (Å²) in [5.41, 5.74) is 2.62. The lowest BCUT2D eigenvalue weighted by Crippen LogP contribution is -2.47. The van der Waals surface area contributed by atoms with Crippen LogP contribution in [0.25, 0.3) is 0 Å². The highest BCUT2D eigenvalue weighted by atomic mass is 35.5. The third kappa shape index (κ3) is 5.85. The number of esters is 1. The molecule has 1 atom stereocenters. The highest BCUT2D eigenvalue weighted by molar-refractivity contribution is 6.32. The van der Waals surface area contributed by atoms with Crippen LogP contribution in [0.2, 0.25) is 5.15 Å². The van der Waals surface area contributed by atoms with E-state index in [0.29, 0.717) is 12.2 Å². The largest absolute Gasteiger partial charge is 0.449 e. The summed E-state index contributed by atoms with van der Waals surface area (Å²) < 4.78 is 6.75. The molecule has 1 heterocycles. The Morgan fingerprint density at radius 3 is 2.48 bits per heavy atom. The SMILES string of the molecule is Cc1ccc(Cn2nc(C)c(C(=O)OC(C)C(=O)NC(=O)NC3CCCC3)c2Cl)cc1. The second kappa shape index (κ2) is 9.96. The Balaban J connectivity index is 1.60. The Hall–Kier alpha value is -2.87. The molecular weight excluding hydrogens is 420 g/mol. The smallest absolute Gasteiger partial charge is 0.343 e. The minimum absolute atomic E-state index is 0.0754. The van der Waals surface area contributed by atoms with E-state index in [1.54, 1.807) is 6.92 Å². The number of aryl methyl sites for hydroxylation is 2. The third-order valence-electron chi connectivity index (χ3n) is 5.30. The fourth-order valence-corrected chi connectivity index (χ4v) is 3.85. The maximum Gasteiger partial charge on any atom is 0.343 e. The molecule has 3 rings (SSSR count). The van der Waals surface area contributed by atoms with E-state index < -0.39 is 24.0 Å². The number of hydrogen-bond acceptors (Lipinski definition) is 5. The molecule has 0 bridgehead atoms. The van der Waals surface area contributed by atoms with Crippen LogP contribution in [0.4, 0.5) is 4.79 Å². The minimum atomic E-state index is -1.17. The molecule has 31 heavy (non-hydrogen) atoms. The molecule has 0 saturated heterocycles. The van der Waals surface area contributed by atoms with Crippen molar-refractivity contribution in [2.45, 2.75) is 65.1 Å². The molecule has 0 aliphatic heterocycles. The Kier molecular flexibility index (Phi) is 7.33. The molecule has 1 aromatic carbocycles. The van der Waals surface area contributed by atoms with Gasteiger partial charge >= 0.3 is 12.0 Å². The predicted molar refractivity (Wildman–Crippen MR) is 116 cm³/mol. The van der Waals surface area contributed by atoms with E-state index in [1.165, 1.54) is 11.6 Å². The summed E-state index contributed by atoms with van der Waals surface area (Å²) in [6.07, 6.45) is 2.75. The number of nitrogens with one attached hydrogen (secondary N) is 2. The molecule has 0 spiro atoms. The number of imide groups is 1. The van der Waals surface area contributed by atoms with E-state index in [9.17, 15) is 14.4 Å². The molecule has 1 aliphatic carbocycles. The molecule has 3 amide bonds. The summed E-state index contributed by atoms with van der Waals surface area (Å²) in [4.78, 5) is 36.8. The number of aromatic nitrogens is 2. The van der Waals surface area contributed by atoms with Crippen molar-refractivity contribution >= 4 is 29.5 Å². The lowest BCUT2D eigenvalue weighted by molar-refractivity contribution is -0.127. The molecule has 1 saturated carbocycles. The van der Waals surface area contributed by atoms with Gasteiger partial charge in [0.1, 0.15) is 10.7 Å². The van der Waals surface area contributed by atoms with Gasteiger partial charge in [0.2, 0.25) is 0 Å². The summed E-state index contributed by atoms with van der Waals surface area (Å²) in [6, 6.07) is 7.38. The lowest BCUT2D eigenvalue weighted by atomic mass is 10.1. The topological polar surface area (TPSA) is 102 Å². The van der Waals surface area contributed by atoms with Crippen LogP contribution in [0, 0.1) is 13.8 Å². The van der Waals surface area contributed by atoms with Gasteiger partial charge in [-0.05, 0) is 39.2 Å². The number of carbonyl (C=O) groups is 3. The standard InChI is InChI=1S/C22H27ClN4O4/c1-13-8-10-16(11-9-13)12-27-19(23)18(14(2)26-27)21(29)31-15(3)20(28)25-22(30)24-17-6-4-5-7-17/h8-11,15,17H,4-7,12H2,1-3H3,(H2,24,25,28,30). The lowest BCUT2D eigenvalue weighted by Gasteiger charge is -2.15. The van der Waals surface area contributed by atoms with Gasteiger partial charge in [-0.1, -0.05) is 54.3 Å². The Morgan fingerprint density at radius 1 is 1.19 bits per heavy atom. The van der Waals surface area contributed by atoms with Gasteiger partial charge in [-0.3, -0.25) is 10.1 Å². The van der Waals surface area contributed by atoms with E-state index in [0.717, 1.165) is 36.8 Å². The normalized spacial score (nSPS) is 14.8. The van der Waals surface area contributed by atoms with E-state index in [2.05, 4.69) is 15.7 Å². The highest BCUT2D eigenvalue weighted by Gasteiger charge is 2.27. The zero-order valence-corrected chi connectivity index (χ0v) is 18.7. The molecule has 166 valence electrons. The summed E-state index contributed by atoms with van der Waals surface area (Å²) >= 11 is 6.38. The van der Waals surface area contributed by atoms with E-state index >= 15 is 0 Å². The molecule has 8 nitrogen and oxygen atoms in total. The zero-order valence-electron chi connectivity index (χ0n) is 17.9. The quantitative estimate of drug-likeness (QED) is 0.661. The highest BCUT2D eigenvalue weighted by Crippen LogP contribution is 2.22. The fourth-order valence-electron chi connectivity index (χ4n) is 3.53. The molecule has 1 aromatic heterocycles. The number of benzene rings is 1. The number of urea groups is 1. The van der Waals surface area contributed by atoms with Crippen LogP contribution in [0.1, 0.15) is 59.8 Å². The van der Waals surface area contributed by atoms with Crippen molar-refractivity contribution in [2.24, 2.45) is 0 Å². The molecule has 1 aliphatic rings. The maximum absolute atomic E-state index is 12.6. The third-order valence-corrected chi connectivity index (χ3v) is 5.69. The van der Waals surface area contributed by atoms with Crippen LogP contribution < -0.4 is 10.6 Å². The second-order valence-corrected chi connectivity index (χ2v) is 8.24. The van der Waals surface area contributed by atoms with Crippen molar-refractivity contribution < 1.29 is 19.1 Å². The van der Waals surface area contributed by atoms with Crippen LogP contribution >= 0.6 is 11.6 Å². The van der Waals surface area contributed by atoms with E-state index in [1.807, 2.05) is 31.2 Å². The molecule has 9 heteroatoms. The number of hydrogen-bond donors (Lipinski definition) is 2. The number of nitrogens with zero attached hydrogens (tertiary/aromatic N) is 2. The van der Waals surface area contributed by atoms with Crippen LogP contribution in [-0.4, -0.2) is 39.8 Å². The Bertz CT molecular complexity index is 965.